The third-order valence-corrected chi connectivity index (χ3v) is 1.92. The van der Waals surface area contributed by atoms with Gasteiger partial charge in [-0.25, -0.2) is 9.97 Å². The van der Waals surface area contributed by atoms with Crippen molar-refractivity contribution < 1.29 is 4.79 Å². The van der Waals surface area contributed by atoms with Crippen LogP contribution in [-0.4, -0.2) is 20.7 Å². The quantitative estimate of drug-likeness (QED) is 0.686. The smallest absolute Gasteiger partial charge is 0.231 e. The normalized spacial score (nSPS) is 9.93. The third kappa shape index (κ3) is 2.04. The molecule has 0 amide bonds. The SMILES string of the molecule is Cc1cccc(C(=O)c2cnccn2)n1. The second-order valence-electron chi connectivity index (χ2n) is 3.08. The summed E-state index contributed by atoms with van der Waals surface area (Å²) in [6.07, 6.45) is 4.45. The van der Waals surface area contributed by atoms with Gasteiger partial charge >= 0.3 is 0 Å². The van der Waals surface area contributed by atoms with E-state index in [1.165, 1.54) is 18.6 Å². The van der Waals surface area contributed by atoms with Crippen molar-refractivity contribution in [2.45, 2.75) is 6.92 Å². The zero-order chi connectivity index (χ0) is 10.7. The first-order valence-electron chi connectivity index (χ1n) is 4.52. The Balaban J connectivity index is 2.37. The second-order valence-corrected chi connectivity index (χ2v) is 3.08. The van der Waals surface area contributed by atoms with Gasteiger partial charge in [-0.15, -0.1) is 0 Å². The number of carbonyl (C=O) groups excluding carboxylic acids is 1. The van der Waals surface area contributed by atoms with Crippen LogP contribution in [0, 0.1) is 6.92 Å². The van der Waals surface area contributed by atoms with E-state index >= 15 is 0 Å². The van der Waals surface area contributed by atoms with Gasteiger partial charge in [0.05, 0.1) is 6.20 Å². The molecule has 74 valence electrons. The van der Waals surface area contributed by atoms with Gasteiger partial charge in [0.1, 0.15) is 11.4 Å². The van der Waals surface area contributed by atoms with Crippen molar-refractivity contribution >= 4 is 5.78 Å². The molecule has 0 saturated heterocycles. The van der Waals surface area contributed by atoms with Crippen LogP contribution in [0.1, 0.15) is 21.9 Å². The molecule has 2 aromatic heterocycles. The summed E-state index contributed by atoms with van der Waals surface area (Å²) in [5.41, 5.74) is 1.52. The van der Waals surface area contributed by atoms with E-state index in [9.17, 15) is 4.79 Å². The maximum Gasteiger partial charge on any atom is 0.231 e. The van der Waals surface area contributed by atoms with Crippen LogP contribution >= 0.6 is 0 Å². The number of carbonyl (C=O) groups is 1. The minimum absolute atomic E-state index is 0.202. The largest absolute Gasteiger partial charge is 0.285 e. The van der Waals surface area contributed by atoms with E-state index in [0.29, 0.717) is 11.4 Å². The molecule has 0 atom stereocenters. The van der Waals surface area contributed by atoms with E-state index in [-0.39, 0.29) is 5.78 Å². The zero-order valence-electron chi connectivity index (χ0n) is 8.21. The summed E-state index contributed by atoms with van der Waals surface area (Å²) >= 11 is 0. The maximum atomic E-state index is 11.8. The Morgan fingerprint density at radius 3 is 2.73 bits per heavy atom. The Labute approximate surface area is 87.0 Å². The van der Waals surface area contributed by atoms with Crippen LogP contribution in [0.5, 0.6) is 0 Å². The van der Waals surface area contributed by atoms with Gasteiger partial charge in [0, 0.05) is 18.1 Å². The van der Waals surface area contributed by atoms with Crippen LogP contribution in [0.2, 0.25) is 0 Å². The monoisotopic (exact) mass is 199 g/mol. The number of nitrogens with zero attached hydrogens (tertiary/aromatic N) is 3. The fourth-order valence-corrected chi connectivity index (χ4v) is 1.22. The standard InChI is InChI=1S/C11H9N3O/c1-8-3-2-4-9(14-8)11(15)10-7-12-5-6-13-10/h2-7H,1H3. The van der Waals surface area contributed by atoms with Crippen molar-refractivity contribution in [3.63, 3.8) is 0 Å². The molecule has 4 nitrogen and oxygen atoms in total. The number of pyridine rings is 1. The van der Waals surface area contributed by atoms with Crippen LogP contribution < -0.4 is 0 Å². The highest BCUT2D eigenvalue weighted by Gasteiger charge is 2.11. The fraction of sp³-hybridized carbons (Fsp3) is 0.0909. The molecule has 0 radical (unpaired) electrons. The highest BCUT2D eigenvalue weighted by molar-refractivity contribution is 6.06. The van der Waals surface area contributed by atoms with Gasteiger partial charge in [-0.3, -0.25) is 9.78 Å². The number of aryl methyl sites for hydroxylation is 1. The topological polar surface area (TPSA) is 55.7 Å². The summed E-state index contributed by atoms with van der Waals surface area (Å²) in [4.78, 5) is 23.7. The first-order chi connectivity index (χ1) is 7.27. The van der Waals surface area contributed by atoms with Gasteiger partial charge in [0.25, 0.3) is 0 Å². The summed E-state index contributed by atoms with van der Waals surface area (Å²) in [7, 11) is 0. The number of rotatable bonds is 2. The Hall–Kier alpha value is -2.10. The molecular formula is C11H9N3O. The average Bonchev–Trinajstić information content (AvgIpc) is 2.29. The Morgan fingerprint density at radius 2 is 2.07 bits per heavy atom. The van der Waals surface area contributed by atoms with Crippen molar-refractivity contribution in [3.8, 4) is 0 Å². The zero-order valence-corrected chi connectivity index (χ0v) is 8.21. The number of hydrogen-bond acceptors (Lipinski definition) is 4. The van der Waals surface area contributed by atoms with Crippen molar-refractivity contribution in [2.75, 3.05) is 0 Å². The molecule has 0 aliphatic carbocycles. The Morgan fingerprint density at radius 1 is 1.20 bits per heavy atom. The highest BCUT2D eigenvalue weighted by Crippen LogP contribution is 2.04. The molecule has 0 aliphatic heterocycles. The number of hydrogen-bond donors (Lipinski definition) is 0. The molecule has 0 aromatic carbocycles. The van der Waals surface area contributed by atoms with E-state index in [2.05, 4.69) is 15.0 Å². The second kappa shape index (κ2) is 3.96. The minimum atomic E-state index is -0.202. The Bertz CT molecular complexity index is 482. The lowest BCUT2D eigenvalue weighted by atomic mass is 10.2. The predicted molar refractivity (Wildman–Crippen MR) is 54.4 cm³/mol. The molecule has 2 heterocycles. The average molecular weight is 199 g/mol. The summed E-state index contributed by atoms with van der Waals surface area (Å²) in [6, 6.07) is 5.31. The molecular weight excluding hydrogens is 190 g/mol. The molecule has 0 N–H and O–H groups in total. The van der Waals surface area contributed by atoms with E-state index in [4.69, 9.17) is 0 Å². The van der Waals surface area contributed by atoms with Crippen LogP contribution in [0.15, 0.2) is 36.8 Å². The predicted octanol–water partition coefficient (Wildman–Crippen LogP) is 1.41. The molecule has 0 aliphatic rings. The van der Waals surface area contributed by atoms with E-state index < -0.39 is 0 Å². The van der Waals surface area contributed by atoms with Crippen molar-refractivity contribution in [1.29, 1.82) is 0 Å². The Kier molecular flexibility index (Phi) is 2.49. The molecule has 0 saturated carbocycles. The molecule has 4 heteroatoms. The molecule has 2 rings (SSSR count). The molecule has 0 unspecified atom stereocenters. The number of ketones is 1. The van der Waals surface area contributed by atoms with E-state index in [1.54, 1.807) is 12.1 Å². The molecule has 0 spiro atoms. The summed E-state index contributed by atoms with van der Waals surface area (Å²) in [5.74, 6) is -0.202. The van der Waals surface area contributed by atoms with Crippen LogP contribution in [0.25, 0.3) is 0 Å². The van der Waals surface area contributed by atoms with E-state index in [1.807, 2.05) is 13.0 Å². The third-order valence-electron chi connectivity index (χ3n) is 1.92. The van der Waals surface area contributed by atoms with Crippen LogP contribution in [0.3, 0.4) is 0 Å². The van der Waals surface area contributed by atoms with E-state index in [0.717, 1.165) is 5.69 Å². The summed E-state index contributed by atoms with van der Waals surface area (Å²) in [6.45, 7) is 1.84. The van der Waals surface area contributed by atoms with Crippen LogP contribution in [-0.2, 0) is 0 Å². The van der Waals surface area contributed by atoms with Gasteiger partial charge in [-0.2, -0.15) is 0 Å². The highest BCUT2D eigenvalue weighted by atomic mass is 16.1. The summed E-state index contributed by atoms with van der Waals surface area (Å²) in [5, 5.41) is 0. The van der Waals surface area contributed by atoms with Gasteiger partial charge < -0.3 is 0 Å². The minimum Gasteiger partial charge on any atom is -0.285 e. The first kappa shape index (κ1) is 9.45. The lowest BCUT2D eigenvalue weighted by Gasteiger charge is -1.99. The fourth-order valence-electron chi connectivity index (χ4n) is 1.22. The molecule has 0 bridgehead atoms. The lowest BCUT2D eigenvalue weighted by molar-refractivity contribution is 0.102. The van der Waals surface area contributed by atoms with Gasteiger partial charge in [0.2, 0.25) is 5.78 Å². The maximum absolute atomic E-state index is 11.8. The van der Waals surface area contributed by atoms with Crippen molar-refractivity contribution in [3.05, 3.63) is 53.9 Å². The molecule has 15 heavy (non-hydrogen) atoms. The van der Waals surface area contributed by atoms with Gasteiger partial charge in [0.15, 0.2) is 0 Å². The lowest BCUT2D eigenvalue weighted by Crippen LogP contribution is -2.06. The van der Waals surface area contributed by atoms with Crippen molar-refractivity contribution in [1.82, 2.24) is 15.0 Å². The molecule has 2 aromatic rings. The first-order valence-corrected chi connectivity index (χ1v) is 4.52. The van der Waals surface area contributed by atoms with Gasteiger partial charge in [-0.05, 0) is 19.1 Å². The van der Waals surface area contributed by atoms with Gasteiger partial charge in [-0.1, -0.05) is 6.07 Å². The summed E-state index contributed by atoms with van der Waals surface area (Å²) < 4.78 is 0. The van der Waals surface area contributed by atoms with Crippen molar-refractivity contribution in [2.24, 2.45) is 0 Å². The number of aromatic nitrogens is 3. The molecule has 0 fully saturated rings. The van der Waals surface area contributed by atoms with Crippen LogP contribution in [0.4, 0.5) is 0 Å².